The number of likely N-dealkylation sites (tertiary alicyclic amines) is 1. The van der Waals surface area contributed by atoms with Crippen molar-refractivity contribution >= 4 is 11.9 Å². The minimum absolute atomic E-state index is 0.0646. The fourth-order valence-corrected chi connectivity index (χ4v) is 2.65. The van der Waals surface area contributed by atoms with Gasteiger partial charge in [0.05, 0.1) is 24.4 Å². The second-order valence-corrected chi connectivity index (χ2v) is 4.91. The molecule has 0 spiro atoms. The van der Waals surface area contributed by atoms with Gasteiger partial charge in [0.1, 0.15) is 5.76 Å². The van der Waals surface area contributed by atoms with Crippen molar-refractivity contribution in [3.63, 3.8) is 0 Å². The van der Waals surface area contributed by atoms with Gasteiger partial charge in [0.15, 0.2) is 0 Å². The number of hydrogen-bond donors (Lipinski definition) is 1. The summed E-state index contributed by atoms with van der Waals surface area (Å²) < 4.78 is 10.5. The third-order valence-electron chi connectivity index (χ3n) is 3.68. The number of nitrogens with zero attached hydrogens (tertiary/aromatic N) is 1. The van der Waals surface area contributed by atoms with Crippen LogP contribution in [0.25, 0.3) is 0 Å². The highest BCUT2D eigenvalue weighted by atomic mass is 16.5. The predicted octanol–water partition coefficient (Wildman–Crippen LogP) is 1.55. The van der Waals surface area contributed by atoms with Crippen LogP contribution in [0.4, 0.5) is 0 Å². The Kier molecular flexibility index (Phi) is 4.44. The highest BCUT2D eigenvalue weighted by Gasteiger charge is 2.37. The highest BCUT2D eigenvalue weighted by Crippen LogP contribution is 2.26. The summed E-state index contributed by atoms with van der Waals surface area (Å²) >= 11 is 0. The molecular weight excluding hydrogens is 262 g/mol. The average molecular weight is 281 g/mol. The molecule has 0 aromatic carbocycles. The van der Waals surface area contributed by atoms with Crippen molar-refractivity contribution < 1.29 is 23.8 Å². The number of aliphatic carboxylic acids is 1. The Balaban J connectivity index is 2.19. The van der Waals surface area contributed by atoms with Crippen molar-refractivity contribution in [3.05, 3.63) is 23.7 Å². The quantitative estimate of drug-likeness (QED) is 0.885. The number of carboxylic acid groups (broad SMARTS) is 1. The number of ether oxygens (including phenoxy) is 1. The summed E-state index contributed by atoms with van der Waals surface area (Å²) in [5.41, 5.74) is 0.514. The Labute approximate surface area is 117 Å². The predicted molar refractivity (Wildman–Crippen MR) is 70.6 cm³/mol. The number of aryl methyl sites for hydroxylation is 1. The molecule has 1 saturated heterocycles. The zero-order valence-electron chi connectivity index (χ0n) is 11.7. The molecule has 0 aliphatic carbocycles. The highest BCUT2D eigenvalue weighted by molar-refractivity contribution is 5.95. The molecular formula is C14H19NO5. The van der Waals surface area contributed by atoms with Gasteiger partial charge < -0.3 is 19.2 Å². The first-order valence-corrected chi connectivity index (χ1v) is 6.68. The minimum Gasteiger partial charge on any atom is -0.481 e. The molecule has 20 heavy (non-hydrogen) atoms. The van der Waals surface area contributed by atoms with Crippen LogP contribution in [0, 0.1) is 0 Å². The molecule has 2 heterocycles. The van der Waals surface area contributed by atoms with E-state index in [1.807, 2.05) is 6.92 Å². The summed E-state index contributed by atoms with van der Waals surface area (Å²) in [4.78, 5) is 25.1. The SMILES string of the molecule is CCc1occc1C(=O)N1C[C@@H](OC)C[C@@H]1CC(=O)O. The second-order valence-electron chi connectivity index (χ2n) is 4.91. The first-order chi connectivity index (χ1) is 9.56. The van der Waals surface area contributed by atoms with Gasteiger partial charge in [0.2, 0.25) is 0 Å². The number of carboxylic acids is 1. The number of carbonyl (C=O) groups is 2. The van der Waals surface area contributed by atoms with Gasteiger partial charge in [-0.3, -0.25) is 9.59 Å². The summed E-state index contributed by atoms with van der Waals surface area (Å²) in [6, 6.07) is 1.31. The number of hydrogen-bond acceptors (Lipinski definition) is 4. The number of carbonyl (C=O) groups excluding carboxylic acids is 1. The van der Waals surface area contributed by atoms with E-state index in [1.54, 1.807) is 18.1 Å². The first-order valence-electron chi connectivity index (χ1n) is 6.68. The summed E-state index contributed by atoms with van der Waals surface area (Å²) in [5.74, 6) is -0.459. The van der Waals surface area contributed by atoms with Crippen LogP contribution < -0.4 is 0 Å². The Bertz CT molecular complexity index is 496. The van der Waals surface area contributed by atoms with E-state index < -0.39 is 5.97 Å². The van der Waals surface area contributed by atoms with E-state index >= 15 is 0 Å². The number of furan rings is 1. The molecule has 0 bridgehead atoms. The summed E-state index contributed by atoms with van der Waals surface area (Å²) in [5, 5.41) is 8.97. The smallest absolute Gasteiger partial charge is 0.305 e. The molecule has 1 aliphatic rings. The fraction of sp³-hybridized carbons (Fsp3) is 0.571. The Morgan fingerprint density at radius 3 is 2.90 bits per heavy atom. The monoisotopic (exact) mass is 281 g/mol. The molecule has 1 aliphatic heterocycles. The molecule has 6 nitrogen and oxygen atoms in total. The molecule has 2 atom stereocenters. The molecule has 1 aromatic heterocycles. The standard InChI is InChI=1S/C14H19NO5/c1-3-12-11(4-5-20-12)14(18)15-8-10(19-2)6-9(15)7-13(16)17/h4-5,9-10H,3,6-8H2,1-2H3,(H,16,17)/t9-,10+/m1/s1. The number of rotatable bonds is 5. The van der Waals surface area contributed by atoms with Gasteiger partial charge in [0.25, 0.3) is 5.91 Å². The molecule has 6 heteroatoms. The van der Waals surface area contributed by atoms with Gasteiger partial charge in [-0.1, -0.05) is 6.92 Å². The summed E-state index contributed by atoms with van der Waals surface area (Å²) in [7, 11) is 1.58. The van der Waals surface area contributed by atoms with E-state index in [0.717, 1.165) is 0 Å². The van der Waals surface area contributed by atoms with Crippen LogP contribution >= 0.6 is 0 Å². The van der Waals surface area contributed by atoms with E-state index in [9.17, 15) is 9.59 Å². The molecule has 0 radical (unpaired) electrons. The van der Waals surface area contributed by atoms with Gasteiger partial charge in [-0.25, -0.2) is 0 Å². The lowest BCUT2D eigenvalue weighted by Crippen LogP contribution is -2.37. The fourth-order valence-electron chi connectivity index (χ4n) is 2.65. The Morgan fingerprint density at radius 1 is 1.55 bits per heavy atom. The summed E-state index contributed by atoms with van der Waals surface area (Å²) in [6.45, 7) is 2.33. The maximum Gasteiger partial charge on any atom is 0.305 e. The maximum atomic E-state index is 12.6. The van der Waals surface area contributed by atoms with Crippen molar-refractivity contribution in [1.82, 2.24) is 4.90 Å². The topological polar surface area (TPSA) is 80.0 Å². The van der Waals surface area contributed by atoms with Gasteiger partial charge in [-0.15, -0.1) is 0 Å². The minimum atomic E-state index is -0.910. The number of methoxy groups -OCH3 is 1. The van der Waals surface area contributed by atoms with Crippen LogP contribution in [0.2, 0.25) is 0 Å². The normalized spacial score (nSPS) is 22.2. The van der Waals surface area contributed by atoms with Gasteiger partial charge in [-0.2, -0.15) is 0 Å². The van der Waals surface area contributed by atoms with E-state index in [1.165, 1.54) is 6.26 Å². The zero-order chi connectivity index (χ0) is 14.7. The van der Waals surface area contributed by atoms with Crippen LogP contribution in [0.1, 0.15) is 35.9 Å². The largest absolute Gasteiger partial charge is 0.481 e. The van der Waals surface area contributed by atoms with E-state index in [4.69, 9.17) is 14.3 Å². The van der Waals surface area contributed by atoms with Crippen LogP contribution in [-0.4, -0.2) is 47.7 Å². The molecule has 1 aromatic rings. The molecule has 1 N–H and O–H groups in total. The van der Waals surface area contributed by atoms with Crippen LogP contribution in [-0.2, 0) is 16.0 Å². The Hall–Kier alpha value is -1.82. The van der Waals surface area contributed by atoms with Crippen LogP contribution in [0.3, 0.4) is 0 Å². The number of amides is 1. The first kappa shape index (κ1) is 14.6. The molecule has 2 rings (SSSR count). The maximum absolute atomic E-state index is 12.6. The third kappa shape index (κ3) is 2.85. The third-order valence-corrected chi connectivity index (χ3v) is 3.68. The van der Waals surface area contributed by atoms with E-state index in [-0.39, 0.29) is 24.5 Å². The van der Waals surface area contributed by atoms with Gasteiger partial charge in [0, 0.05) is 26.1 Å². The lowest BCUT2D eigenvalue weighted by Gasteiger charge is -2.23. The summed E-state index contributed by atoms with van der Waals surface area (Å²) in [6.07, 6.45) is 2.49. The van der Waals surface area contributed by atoms with Crippen LogP contribution in [0.15, 0.2) is 16.7 Å². The molecule has 1 fully saturated rings. The lowest BCUT2D eigenvalue weighted by atomic mass is 10.1. The second kappa shape index (κ2) is 6.09. The van der Waals surface area contributed by atoms with E-state index in [0.29, 0.717) is 30.7 Å². The average Bonchev–Trinajstić information content (AvgIpc) is 3.03. The Morgan fingerprint density at radius 2 is 2.30 bits per heavy atom. The van der Waals surface area contributed by atoms with Crippen molar-refractivity contribution in [3.8, 4) is 0 Å². The van der Waals surface area contributed by atoms with Gasteiger partial charge >= 0.3 is 5.97 Å². The van der Waals surface area contributed by atoms with E-state index in [2.05, 4.69) is 0 Å². The van der Waals surface area contributed by atoms with Crippen molar-refractivity contribution in [2.75, 3.05) is 13.7 Å². The van der Waals surface area contributed by atoms with Crippen molar-refractivity contribution in [2.45, 2.75) is 38.3 Å². The van der Waals surface area contributed by atoms with Crippen molar-refractivity contribution in [1.29, 1.82) is 0 Å². The van der Waals surface area contributed by atoms with Crippen molar-refractivity contribution in [2.24, 2.45) is 0 Å². The zero-order valence-corrected chi connectivity index (χ0v) is 11.7. The molecule has 0 unspecified atom stereocenters. The van der Waals surface area contributed by atoms with Gasteiger partial charge in [-0.05, 0) is 12.5 Å². The molecule has 0 saturated carbocycles. The lowest BCUT2D eigenvalue weighted by molar-refractivity contribution is -0.137. The van der Waals surface area contributed by atoms with Crippen LogP contribution in [0.5, 0.6) is 0 Å². The molecule has 1 amide bonds. The molecule has 110 valence electrons.